The minimum Gasteiger partial charge on any atom is -0.783 e. The molecule has 1 aliphatic rings. The number of hydrogen-bond donors (Lipinski definition) is 0. The van der Waals surface area contributed by atoms with Gasteiger partial charge in [-0.25, -0.2) is 0 Å². The van der Waals surface area contributed by atoms with E-state index in [-0.39, 0.29) is 25.6 Å². The summed E-state index contributed by atoms with van der Waals surface area (Å²) in [6, 6.07) is 0. The Morgan fingerprint density at radius 2 is 1.17 bits per heavy atom. The number of carbonyl (C=O) groups is 1. The van der Waals surface area contributed by atoms with Crippen molar-refractivity contribution in [3.05, 3.63) is 5.21 Å². The third-order valence-electron chi connectivity index (χ3n) is 11.4. The maximum Gasteiger partial charge on any atom is 0.482 e. The van der Waals surface area contributed by atoms with Gasteiger partial charge in [-0.3, -0.25) is 4.79 Å². The van der Waals surface area contributed by atoms with Crippen molar-refractivity contribution in [2.24, 2.45) is 0 Å². The number of ether oxygens (including phenoxy) is 3. The minimum absolute atomic E-state index is 0.00216. The molecule has 0 saturated carbocycles. The monoisotopic (exact) mass is 863 g/mol. The summed E-state index contributed by atoms with van der Waals surface area (Å²) in [7, 11) is 1.07. The Bertz CT molecular complexity index is 1060. The van der Waals surface area contributed by atoms with Crippen molar-refractivity contribution in [1.82, 2.24) is 5.06 Å². The highest BCUT2D eigenvalue weighted by Gasteiger charge is 2.45. The first-order valence-electron chi connectivity index (χ1n) is 23.9. The number of hydrogen-bond acceptors (Lipinski definition) is 9. The molecule has 59 heavy (non-hydrogen) atoms. The SMILES string of the molecule is CCCCCCCCCCCCCCCC(=[OH+])OCC(CO[P+]([O])([O-])OCC[N+](C)(C)C)OC(=O)CCCC1(CCCCCCCCCCCCC)OCC(C)(C)N1[O-]. The van der Waals surface area contributed by atoms with Gasteiger partial charge in [0.1, 0.15) is 31.9 Å². The Morgan fingerprint density at radius 1 is 0.712 bits per heavy atom. The second kappa shape index (κ2) is 32.7. The van der Waals surface area contributed by atoms with E-state index in [9.17, 15) is 24.6 Å². The highest BCUT2D eigenvalue weighted by atomic mass is 31.2. The van der Waals surface area contributed by atoms with Crippen LogP contribution in [-0.2, 0) is 32.9 Å². The summed E-state index contributed by atoms with van der Waals surface area (Å²) in [6.45, 7) is 8.17. The summed E-state index contributed by atoms with van der Waals surface area (Å²) < 4.78 is 28.1. The molecule has 13 heteroatoms. The van der Waals surface area contributed by atoms with E-state index in [4.69, 9.17) is 23.3 Å². The lowest BCUT2D eigenvalue weighted by atomic mass is 9.95. The third-order valence-corrected chi connectivity index (χ3v) is 12.4. The van der Waals surface area contributed by atoms with Gasteiger partial charge in [-0.2, -0.15) is 9.05 Å². The summed E-state index contributed by atoms with van der Waals surface area (Å²) in [5, 5.41) is 14.6. The van der Waals surface area contributed by atoms with E-state index >= 15 is 0 Å². The van der Waals surface area contributed by atoms with Crippen LogP contribution in [0.1, 0.15) is 214 Å². The van der Waals surface area contributed by atoms with Crippen molar-refractivity contribution < 1.29 is 47.1 Å². The van der Waals surface area contributed by atoms with Crippen LogP contribution in [0.3, 0.4) is 0 Å². The van der Waals surface area contributed by atoms with Gasteiger partial charge in [0.25, 0.3) is 0 Å². The van der Waals surface area contributed by atoms with Crippen LogP contribution < -0.4 is 4.89 Å². The van der Waals surface area contributed by atoms with Crippen LogP contribution in [0.25, 0.3) is 0 Å². The van der Waals surface area contributed by atoms with E-state index in [2.05, 4.69) is 13.8 Å². The predicted octanol–water partition coefficient (Wildman–Crippen LogP) is 11.3. The van der Waals surface area contributed by atoms with Gasteiger partial charge in [0.15, 0.2) is 6.10 Å². The normalized spacial score (nSPS) is 18.5. The average molecular weight is 863 g/mol. The van der Waals surface area contributed by atoms with Gasteiger partial charge in [0.2, 0.25) is 6.61 Å². The average Bonchev–Trinajstić information content (AvgIpc) is 3.39. The second-order valence-corrected chi connectivity index (χ2v) is 20.3. The third kappa shape index (κ3) is 29.1. The molecule has 1 radical (unpaired) electrons. The van der Waals surface area contributed by atoms with Crippen LogP contribution in [0.2, 0.25) is 0 Å². The summed E-state index contributed by atoms with van der Waals surface area (Å²) in [5.41, 5.74) is -1.66. The summed E-state index contributed by atoms with van der Waals surface area (Å²) in [5.74, 6) is -0.760. The van der Waals surface area contributed by atoms with E-state index in [1.807, 2.05) is 35.0 Å². The molecule has 2 atom stereocenters. The quantitative estimate of drug-likeness (QED) is 0.0192. The van der Waals surface area contributed by atoms with E-state index < -0.39 is 38.1 Å². The van der Waals surface area contributed by atoms with Gasteiger partial charge in [-0.15, -0.1) is 0 Å². The fraction of sp³-hybridized carbons (Fsp3) is 0.957. The summed E-state index contributed by atoms with van der Waals surface area (Å²) in [4.78, 5) is 48.7. The molecule has 349 valence electrons. The van der Waals surface area contributed by atoms with Gasteiger partial charge in [-0.05, 0) is 46.0 Å². The first-order chi connectivity index (χ1) is 28.1. The smallest absolute Gasteiger partial charge is 0.482 e. The summed E-state index contributed by atoms with van der Waals surface area (Å²) in [6.07, 6.45) is 29.7. The van der Waals surface area contributed by atoms with Gasteiger partial charge >= 0.3 is 20.1 Å². The fourth-order valence-corrected chi connectivity index (χ4v) is 8.31. The Labute approximate surface area is 362 Å². The molecule has 0 aromatic heterocycles. The number of rotatable bonds is 40. The Balaban J connectivity index is 2.60. The largest absolute Gasteiger partial charge is 0.783 e. The molecule has 1 fully saturated rings. The number of hydroxylamine groups is 2. The number of unbranched alkanes of at least 4 members (excludes halogenated alkanes) is 22. The number of nitrogens with zero attached hydrogens (tertiary/aromatic N) is 2. The molecule has 0 aromatic rings. The molecular formula is C46H91N2O10P+. The molecule has 1 aliphatic heterocycles. The van der Waals surface area contributed by atoms with E-state index in [1.54, 1.807) is 0 Å². The van der Waals surface area contributed by atoms with Gasteiger partial charge in [0.05, 0.1) is 27.7 Å². The van der Waals surface area contributed by atoms with E-state index in [0.717, 1.165) is 43.6 Å². The van der Waals surface area contributed by atoms with Gasteiger partial charge in [0, 0.05) is 16.9 Å². The second-order valence-electron chi connectivity index (χ2n) is 18.9. The standard InChI is InChI=1S/C46H90N2O10P/c1-8-10-12-14-16-18-20-21-22-24-26-28-30-33-43(49)54-39-42(40-57-59(52,53)56-38-37-48(5,6)7)58-44(50)34-32-36-46(47(51)45(3,4)41-55-46)35-31-29-27-25-23-19-17-15-13-11-9-2/h42H,8-41H2,1-7H3/p+1. The molecule has 0 spiro atoms. The lowest BCUT2D eigenvalue weighted by Gasteiger charge is -2.48. The van der Waals surface area contributed by atoms with E-state index in [1.165, 1.54) is 116 Å². The molecule has 0 bridgehead atoms. The van der Waals surface area contributed by atoms with E-state index in [0.29, 0.717) is 43.3 Å². The number of esters is 2. The topological polar surface area (TPSA) is 154 Å². The molecule has 0 amide bonds. The Morgan fingerprint density at radius 3 is 1.63 bits per heavy atom. The van der Waals surface area contributed by atoms with Crippen LogP contribution in [0, 0.1) is 5.21 Å². The molecular weight excluding hydrogens is 771 g/mol. The van der Waals surface area contributed by atoms with Crippen molar-refractivity contribution in [1.29, 1.82) is 0 Å². The van der Waals surface area contributed by atoms with Crippen molar-refractivity contribution in [3.8, 4) is 0 Å². The molecule has 1 rings (SSSR count). The maximum atomic E-state index is 13.5. The molecule has 0 aliphatic carbocycles. The molecule has 12 nitrogen and oxygen atoms in total. The first-order valence-corrected chi connectivity index (χ1v) is 25.4. The number of carbonyl (C=O) groups excluding carboxylic acids is 2. The predicted molar refractivity (Wildman–Crippen MR) is 238 cm³/mol. The van der Waals surface area contributed by atoms with Crippen LogP contribution in [-0.4, -0.2) is 97.8 Å². The summed E-state index contributed by atoms with van der Waals surface area (Å²) >= 11 is 0. The van der Waals surface area contributed by atoms with Gasteiger partial charge < -0.3 is 38.7 Å². The van der Waals surface area contributed by atoms with Crippen LogP contribution >= 0.6 is 8.17 Å². The zero-order valence-corrected chi connectivity index (χ0v) is 40.0. The zero-order valence-electron chi connectivity index (χ0n) is 39.1. The van der Waals surface area contributed by atoms with Crippen LogP contribution in [0.5, 0.6) is 0 Å². The molecule has 2 unspecified atom stereocenters. The fourth-order valence-electron chi connectivity index (χ4n) is 7.58. The van der Waals surface area contributed by atoms with Crippen molar-refractivity contribution in [2.75, 3.05) is 54.1 Å². The van der Waals surface area contributed by atoms with Gasteiger partial charge in [-0.1, -0.05) is 155 Å². The molecule has 1 saturated heterocycles. The number of likely N-dealkylation sites (N-methyl/N-ethyl adjacent to an activating group) is 1. The van der Waals surface area contributed by atoms with Crippen LogP contribution in [0.4, 0.5) is 0 Å². The lowest BCUT2D eigenvalue weighted by Crippen LogP contribution is -2.48. The first kappa shape index (κ1) is 56.1. The molecule has 1 heterocycles. The number of quaternary nitrogens is 1. The zero-order chi connectivity index (χ0) is 43.9. The molecule has 0 aromatic carbocycles. The Hall–Kier alpha value is -0.950. The van der Waals surface area contributed by atoms with Crippen molar-refractivity contribution >= 4 is 20.1 Å². The lowest BCUT2D eigenvalue weighted by molar-refractivity contribution is -0.870. The minimum atomic E-state index is -4.69. The van der Waals surface area contributed by atoms with Crippen molar-refractivity contribution in [3.63, 3.8) is 0 Å². The maximum absolute atomic E-state index is 13.5. The highest BCUT2D eigenvalue weighted by molar-refractivity contribution is 7.52. The highest BCUT2D eigenvalue weighted by Crippen LogP contribution is 2.49. The molecule has 1 N–H and O–H groups in total. The van der Waals surface area contributed by atoms with Crippen molar-refractivity contribution in [2.45, 2.75) is 231 Å². The van der Waals surface area contributed by atoms with Crippen LogP contribution in [0.15, 0.2) is 0 Å². The Kier molecular flexibility index (Phi) is 31.1.